The standard InChI is InChI=1S/C14H22N2O/c1-3-9-16-10-5-6-13(16)12-7-8-14(15-11-12)17-4-2/h7-8,11,13H,3-6,9-10H2,1-2H3. The van der Waals surface area contributed by atoms with Crippen molar-refractivity contribution < 1.29 is 4.74 Å². The first-order valence-electron chi connectivity index (χ1n) is 6.68. The molecule has 0 amide bonds. The van der Waals surface area contributed by atoms with Crippen LogP contribution in [0.5, 0.6) is 5.88 Å². The highest BCUT2D eigenvalue weighted by Gasteiger charge is 2.25. The van der Waals surface area contributed by atoms with Crippen molar-refractivity contribution in [3.05, 3.63) is 23.9 Å². The van der Waals surface area contributed by atoms with Crippen molar-refractivity contribution in [3.63, 3.8) is 0 Å². The molecular weight excluding hydrogens is 212 g/mol. The number of rotatable bonds is 5. The summed E-state index contributed by atoms with van der Waals surface area (Å²) in [6.07, 6.45) is 5.76. The molecule has 1 saturated heterocycles. The van der Waals surface area contributed by atoms with Gasteiger partial charge in [-0.15, -0.1) is 0 Å². The lowest BCUT2D eigenvalue weighted by atomic mass is 10.1. The van der Waals surface area contributed by atoms with Gasteiger partial charge < -0.3 is 4.74 Å². The number of likely N-dealkylation sites (tertiary alicyclic amines) is 1. The van der Waals surface area contributed by atoms with Gasteiger partial charge in [0, 0.05) is 18.3 Å². The fourth-order valence-electron chi connectivity index (χ4n) is 2.58. The molecule has 94 valence electrons. The molecule has 3 heteroatoms. The molecule has 1 aromatic rings. The van der Waals surface area contributed by atoms with Gasteiger partial charge in [-0.1, -0.05) is 13.0 Å². The number of pyridine rings is 1. The molecule has 1 aliphatic rings. The number of ether oxygens (including phenoxy) is 1. The second-order valence-electron chi connectivity index (χ2n) is 4.56. The highest BCUT2D eigenvalue weighted by Crippen LogP contribution is 2.31. The fraction of sp³-hybridized carbons (Fsp3) is 0.643. The average Bonchev–Trinajstić information content (AvgIpc) is 2.79. The van der Waals surface area contributed by atoms with Gasteiger partial charge in [-0.2, -0.15) is 0 Å². The summed E-state index contributed by atoms with van der Waals surface area (Å²) in [4.78, 5) is 6.93. The first-order chi connectivity index (χ1) is 8.35. The van der Waals surface area contributed by atoms with E-state index in [0.29, 0.717) is 12.6 Å². The zero-order chi connectivity index (χ0) is 12.1. The SMILES string of the molecule is CCCN1CCCC1c1ccc(OCC)nc1. The summed E-state index contributed by atoms with van der Waals surface area (Å²) >= 11 is 0. The normalized spacial score (nSPS) is 20.7. The van der Waals surface area contributed by atoms with Crippen LogP contribution in [0.2, 0.25) is 0 Å². The smallest absolute Gasteiger partial charge is 0.213 e. The fourth-order valence-corrected chi connectivity index (χ4v) is 2.58. The minimum absolute atomic E-state index is 0.568. The summed E-state index contributed by atoms with van der Waals surface area (Å²) in [5.41, 5.74) is 1.33. The lowest BCUT2D eigenvalue weighted by Crippen LogP contribution is -2.24. The number of nitrogens with zero attached hydrogens (tertiary/aromatic N) is 2. The van der Waals surface area contributed by atoms with Crippen molar-refractivity contribution in [1.82, 2.24) is 9.88 Å². The third-order valence-corrected chi connectivity index (χ3v) is 3.31. The van der Waals surface area contributed by atoms with Gasteiger partial charge in [0.2, 0.25) is 5.88 Å². The second kappa shape index (κ2) is 6.01. The molecule has 1 fully saturated rings. The Morgan fingerprint density at radius 1 is 1.41 bits per heavy atom. The number of hydrogen-bond donors (Lipinski definition) is 0. The molecule has 2 heterocycles. The molecule has 1 unspecified atom stereocenters. The zero-order valence-corrected chi connectivity index (χ0v) is 10.9. The predicted molar refractivity (Wildman–Crippen MR) is 69.2 cm³/mol. The highest BCUT2D eigenvalue weighted by atomic mass is 16.5. The zero-order valence-electron chi connectivity index (χ0n) is 10.9. The van der Waals surface area contributed by atoms with Crippen LogP contribution in [0.4, 0.5) is 0 Å². The Morgan fingerprint density at radius 3 is 2.94 bits per heavy atom. The van der Waals surface area contributed by atoms with Gasteiger partial charge >= 0.3 is 0 Å². The Morgan fingerprint density at radius 2 is 2.29 bits per heavy atom. The van der Waals surface area contributed by atoms with Crippen molar-refractivity contribution in [2.75, 3.05) is 19.7 Å². The lowest BCUT2D eigenvalue weighted by molar-refractivity contribution is 0.257. The van der Waals surface area contributed by atoms with Crippen LogP contribution in [0, 0.1) is 0 Å². The molecule has 2 rings (SSSR count). The Balaban J connectivity index is 2.05. The van der Waals surface area contributed by atoms with E-state index in [0.717, 1.165) is 5.88 Å². The number of hydrogen-bond acceptors (Lipinski definition) is 3. The average molecular weight is 234 g/mol. The van der Waals surface area contributed by atoms with Crippen LogP contribution in [0.25, 0.3) is 0 Å². The molecule has 0 N–H and O–H groups in total. The van der Waals surface area contributed by atoms with Crippen LogP contribution in [-0.4, -0.2) is 29.6 Å². The third kappa shape index (κ3) is 2.97. The van der Waals surface area contributed by atoms with Gasteiger partial charge in [0.25, 0.3) is 0 Å². The quantitative estimate of drug-likeness (QED) is 0.783. The van der Waals surface area contributed by atoms with Crippen LogP contribution < -0.4 is 4.74 Å². The minimum Gasteiger partial charge on any atom is -0.478 e. The van der Waals surface area contributed by atoms with Crippen molar-refractivity contribution in [2.24, 2.45) is 0 Å². The first-order valence-corrected chi connectivity index (χ1v) is 6.68. The topological polar surface area (TPSA) is 25.4 Å². The van der Waals surface area contributed by atoms with Crippen molar-refractivity contribution in [1.29, 1.82) is 0 Å². The van der Waals surface area contributed by atoms with E-state index in [1.807, 2.05) is 19.2 Å². The lowest BCUT2D eigenvalue weighted by Gasteiger charge is -2.23. The minimum atomic E-state index is 0.568. The Kier molecular flexibility index (Phi) is 4.37. The predicted octanol–water partition coefficient (Wildman–Crippen LogP) is 3.03. The molecule has 1 atom stereocenters. The molecule has 17 heavy (non-hydrogen) atoms. The Bertz CT molecular complexity index is 337. The van der Waals surface area contributed by atoms with E-state index in [2.05, 4.69) is 22.9 Å². The van der Waals surface area contributed by atoms with Crippen LogP contribution >= 0.6 is 0 Å². The maximum Gasteiger partial charge on any atom is 0.213 e. The van der Waals surface area contributed by atoms with Crippen molar-refractivity contribution >= 4 is 0 Å². The van der Waals surface area contributed by atoms with Gasteiger partial charge in [0.1, 0.15) is 0 Å². The molecule has 3 nitrogen and oxygen atoms in total. The summed E-state index contributed by atoms with van der Waals surface area (Å²) < 4.78 is 5.37. The van der Waals surface area contributed by atoms with Gasteiger partial charge in [-0.3, -0.25) is 4.90 Å². The van der Waals surface area contributed by atoms with Crippen molar-refractivity contribution in [2.45, 2.75) is 39.2 Å². The van der Waals surface area contributed by atoms with E-state index in [1.54, 1.807) is 0 Å². The molecule has 0 saturated carbocycles. The van der Waals surface area contributed by atoms with E-state index >= 15 is 0 Å². The molecule has 0 aromatic carbocycles. The Labute approximate surface area is 104 Å². The van der Waals surface area contributed by atoms with Crippen molar-refractivity contribution in [3.8, 4) is 5.88 Å². The van der Waals surface area contributed by atoms with Crippen LogP contribution in [0.3, 0.4) is 0 Å². The maximum absolute atomic E-state index is 5.37. The van der Waals surface area contributed by atoms with Gasteiger partial charge in [-0.25, -0.2) is 4.98 Å². The van der Waals surface area contributed by atoms with E-state index in [-0.39, 0.29) is 0 Å². The van der Waals surface area contributed by atoms with Crippen LogP contribution in [-0.2, 0) is 0 Å². The van der Waals surface area contributed by atoms with E-state index < -0.39 is 0 Å². The number of aromatic nitrogens is 1. The summed E-state index contributed by atoms with van der Waals surface area (Å²) in [5.74, 6) is 0.733. The largest absolute Gasteiger partial charge is 0.478 e. The van der Waals surface area contributed by atoms with Gasteiger partial charge in [0.05, 0.1) is 6.61 Å². The van der Waals surface area contributed by atoms with Crippen LogP contribution in [0.15, 0.2) is 18.3 Å². The molecule has 0 bridgehead atoms. The molecule has 1 aromatic heterocycles. The highest BCUT2D eigenvalue weighted by molar-refractivity contribution is 5.21. The summed E-state index contributed by atoms with van der Waals surface area (Å²) in [7, 11) is 0. The summed E-state index contributed by atoms with van der Waals surface area (Å²) in [6.45, 7) is 7.32. The first kappa shape index (κ1) is 12.4. The Hall–Kier alpha value is -1.09. The maximum atomic E-state index is 5.37. The van der Waals surface area contributed by atoms with E-state index in [1.165, 1.54) is 37.9 Å². The van der Waals surface area contributed by atoms with Crippen LogP contribution in [0.1, 0.15) is 44.7 Å². The van der Waals surface area contributed by atoms with Gasteiger partial charge in [-0.05, 0) is 44.8 Å². The van der Waals surface area contributed by atoms with E-state index in [9.17, 15) is 0 Å². The summed E-state index contributed by atoms with van der Waals surface area (Å²) in [5, 5.41) is 0. The molecule has 0 spiro atoms. The molecule has 1 aliphatic heterocycles. The molecular formula is C14H22N2O. The summed E-state index contributed by atoms with van der Waals surface area (Å²) in [6, 6.07) is 4.72. The molecule has 0 radical (unpaired) electrons. The molecule has 0 aliphatic carbocycles. The second-order valence-corrected chi connectivity index (χ2v) is 4.56. The van der Waals surface area contributed by atoms with Gasteiger partial charge in [0.15, 0.2) is 0 Å². The van der Waals surface area contributed by atoms with E-state index in [4.69, 9.17) is 4.74 Å². The monoisotopic (exact) mass is 234 g/mol. The third-order valence-electron chi connectivity index (χ3n) is 3.31.